The molecule has 176 valence electrons. The summed E-state index contributed by atoms with van der Waals surface area (Å²) < 4.78 is 2.15. The van der Waals surface area contributed by atoms with Crippen molar-refractivity contribution in [3.8, 4) is 22.5 Å². The van der Waals surface area contributed by atoms with Crippen molar-refractivity contribution in [2.24, 2.45) is 18.0 Å². The van der Waals surface area contributed by atoms with E-state index in [4.69, 9.17) is 9.97 Å². The first-order valence-corrected chi connectivity index (χ1v) is 12.0. The van der Waals surface area contributed by atoms with Crippen LogP contribution in [0.25, 0.3) is 28.1 Å². The lowest BCUT2D eigenvalue weighted by atomic mass is 9.96. The summed E-state index contributed by atoms with van der Waals surface area (Å²) in [6, 6.07) is 10.8. The van der Waals surface area contributed by atoms with E-state index in [0.717, 1.165) is 66.5 Å². The van der Waals surface area contributed by atoms with Gasteiger partial charge in [-0.15, -0.1) is 0 Å². The minimum absolute atomic E-state index is 0. The van der Waals surface area contributed by atoms with E-state index in [1.165, 1.54) is 23.2 Å². The average Bonchev–Trinajstić information content (AvgIpc) is 3.47. The van der Waals surface area contributed by atoms with Crippen molar-refractivity contribution < 1.29 is 2.85 Å². The van der Waals surface area contributed by atoms with Gasteiger partial charge in [0.05, 0.1) is 5.69 Å². The molecule has 1 saturated heterocycles. The maximum atomic E-state index is 5.11. The van der Waals surface area contributed by atoms with E-state index in [9.17, 15) is 0 Å². The van der Waals surface area contributed by atoms with Crippen LogP contribution in [0.1, 0.15) is 46.0 Å². The first-order chi connectivity index (χ1) is 16.1. The van der Waals surface area contributed by atoms with Gasteiger partial charge < -0.3 is 9.88 Å². The number of benzene rings is 1. The summed E-state index contributed by atoms with van der Waals surface area (Å²) in [5.41, 5.74) is 8.03. The van der Waals surface area contributed by atoms with Gasteiger partial charge in [-0.25, -0.2) is 9.97 Å². The molecule has 0 spiro atoms. The Hall–Kier alpha value is -3.05. The summed E-state index contributed by atoms with van der Waals surface area (Å²) in [6.45, 7) is 6.52. The van der Waals surface area contributed by atoms with Gasteiger partial charge in [-0.05, 0) is 80.4 Å². The van der Waals surface area contributed by atoms with E-state index < -0.39 is 0 Å². The van der Waals surface area contributed by atoms with Crippen molar-refractivity contribution in [1.29, 1.82) is 0 Å². The van der Waals surface area contributed by atoms with Crippen LogP contribution in [0.2, 0.25) is 0 Å². The Bertz CT molecular complexity index is 1140. The molecule has 1 fully saturated rings. The molecule has 1 aliphatic rings. The minimum Gasteiger partial charge on any atom is -0.354 e. The van der Waals surface area contributed by atoms with E-state index in [-0.39, 0.29) is 2.85 Å². The summed E-state index contributed by atoms with van der Waals surface area (Å²) >= 11 is 0. The number of allylic oxidation sites excluding steroid dienone is 2. The van der Waals surface area contributed by atoms with E-state index in [0.29, 0.717) is 0 Å². The van der Waals surface area contributed by atoms with Crippen LogP contribution in [-0.4, -0.2) is 40.9 Å². The van der Waals surface area contributed by atoms with Crippen molar-refractivity contribution >= 4 is 11.8 Å². The Kier molecular flexibility index (Phi) is 7.50. The highest BCUT2D eigenvalue weighted by Gasteiger charge is 2.18. The molecule has 0 radical (unpaired) electrons. The zero-order valence-corrected chi connectivity index (χ0v) is 20.3. The lowest BCUT2D eigenvalue weighted by Gasteiger charge is -2.14. The predicted molar refractivity (Wildman–Crippen MR) is 143 cm³/mol. The molecule has 5 nitrogen and oxygen atoms in total. The van der Waals surface area contributed by atoms with Gasteiger partial charge in [0.2, 0.25) is 0 Å². The summed E-state index contributed by atoms with van der Waals surface area (Å²) in [4.78, 5) is 14.2. The van der Waals surface area contributed by atoms with Crippen LogP contribution < -0.4 is 5.32 Å². The van der Waals surface area contributed by atoms with Crippen molar-refractivity contribution in [2.45, 2.75) is 39.5 Å². The molecule has 1 unspecified atom stereocenters. The maximum Gasteiger partial charge on any atom is 0.159 e. The standard InChI is InChI=1S/C28H35N5.2H2/c1-5-7-24(17-29-3)26-18-31-28(32-27(26)11-10-21-12-13-30-16-21)23-9-6-8-22(15-23)25-14-20(2)33(4)19-25;;/h6-9,14-15,17-19,21,30H,5,10-13,16H2,1-4H3;2*1H/b24-7+,29-17?;;. The van der Waals surface area contributed by atoms with Gasteiger partial charge in [0, 0.05) is 52.4 Å². The third kappa shape index (κ3) is 5.48. The van der Waals surface area contributed by atoms with Gasteiger partial charge in [-0.3, -0.25) is 4.99 Å². The zero-order chi connectivity index (χ0) is 23.2. The molecule has 1 aromatic carbocycles. The lowest BCUT2D eigenvalue weighted by Crippen LogP contribution is -2.11. The first-order valence-electron chi connectivity index (χ1n) is 12.0. The Morgan fingerprint density at radius 2 is 2.12 bits per heavy atom. The van der Waals surface area contributed by atoms with Crippen molar-refractivity contribution in [2.75, 3.05) is 20.1 Å². The third-order valence-corrected chi connectivity index (χ3v) is 6.53. The highest BCUT2D eigenvalue weighted by atomic mass is 14.9. The molecule has 2 aromatic heterocycles. The second kappa shape index (κ2) is 10.7. The van der Waals surface area contributed by atoms with Crippen molar-refractivity contribution in [3.05, 3.63) is 65.8 Å². The van der Waals surface area contributed by atoms with Gasteiger partial charge >= 0.3 is 0 Å². The molecule has 1 atom stereocenters. The van der Waals surface area contributed by atoms with Crippen LogP contribution in [0.4, 0.5) is 0 Å². The quantitative estimate of drug-likeness (QED) is 0.434. The topological polar surface area (TPSA) is 55.1 Å². The molecule has 4 rings (SSSR count). The largest absolute Gasteiger partial charge is 0.354 e. The summed E-state index contributed by atoms with van der Waals surface area (Å²) in [5.74, 6) is 1.51. The van der Waals surface area contributed by atoms with Gasteiger partial charge in [-0.2, -0.15) is 0 Å². The monoisotopic (exact) mass is 445 g/mol. The zero-order valence-electron chi connectivity index (χ0n) is 20.3. The summed E-state index contributed by atoms with van der Waals surface area (Å²) in [5, 5.41) is 3.48. The van der Waals surface area contributed by atoms with Crippen LogP contribution in [0.5, 0.6) is 0 Å². The van der Waals surface area contributed by atoms with Gasteiger partial charge in [-0.1, -0.05) is 31.2 Å². The number of aromatic nitrogens is 3. The molecular weight excluding hydrogens is 406 g/mol. The Morgan fingerprint density at radius 1 is 1.27 bits per heavy atom. The number of rotatable bonds is 8. The van der Waals surface area contributed by atoms with Gasteiger partial charge in [0.25, 0.3) is 0 Å². The van der Waals surface area contributed by atoms with Gasteiger partial charge in [0.1, 0.15) is 0 Å². The highest BCUT2D eigenvalue weighted by molar-refractivity contribution is 6.10. The molecule has 5 heteroatoms. The molecule has 1 aliphatic heterocycles. The van der Waals surface area contributed by atoms with Gasteiger partial charge in [0.15, 0.2) is 5.82 Å². The van der Waals surface area contributed by atoms with Crippen LogP contribution in [0.3, 0.4) is 0 Å². The molecule has 0 amide bonds. The highest BCUT2D eigenvalue weighted by Crippen LogP contribution is 2.28. The Morgan fingerprint density at radius 3 is 2.82 bits per heavy atom. The predicted octanol–water partition coefficient (Wildman–Crippen LogP) is 5.99. The van der Waals surface area contributed by atoms with Crippen molar-refractivity contribution in [3.63, 3.8) is 0 Å². The minimum atomic E-state index is 0. The van der Waals surface area contributed by atoms with Crippen LogP contribution in [0, 0.1) is 12.8 Å². The van der Waals surface area contributed by atoms with E-state index in [1.54, 1.807) is 0 Å². The summed E-state index contributed by atoms with van der Waals surface area (Å²) in [7, 11) is 3.90. The number of hydrogen-bond acceptors (Lipinski definition) is 4. The number of nitrogens with zero attached hydrogens (tertiary/aromatic N) is 4. The smallest absolute Gasteiger partial charge is 0.159 e. The first kappa shape index (κ1) is 23.1. The Balaban J connectivity index is 0.00000216. The molecule has 0 saturated carbocycles. The number of aliphatic imine (C=N–C) groups is 1. The fourth-order valence-corrected chi connectivity index (χ4v) is 4.55. The molecular formula is C28H39N5. The normalized spacial score (nSPS) is 16.7. The lowest BCUT2D eigenvalue weighted by molar-refractivity contribution is 0.529. The number of aryl methyl sites for hydroxylation is 3. The van der Waals surface area contributed by atoms with E-state index in [2.05, 4.69) is 78.4 Å². The van der Waals surface area contributed by atoms with Crippen molar-refractivity contribution in [1.82, 2.24) is 19.9 Å². The molecule has 0 bridgehead atoms. The number of hydrogen-bond donors (Lipinski definition) is 1. The second-order valence-electron chi connectivity index (χ2n) is 8.97. The molecule has 1 N–H and O–H groups in total. The van der Waals surface area contributed by atoms with Crippen LogP contribution >= 0.6 is 0 Å². The second-order valence-corrected chi connectivity index (χ2v) is 8.97. The summed E-state index contributed by atoms with van der Waals surface area (Å²) in [6.07, 6.45) is 12.6. The van der Waals surface area contributed by atoms with Crippen LogP contribution in [-0.2, 0) is 13.5 Å². The average molecular weight is 446 g/mol. The SMILES string of the molecule is CC/C=C(\C=NC)c1cnc(-c2cccc(-c3cc(C)n(C)c3)c2)nc1CCC1CCNC1.[HH].[HH]. The fraction of sp³-hybridized carbons (Fsp3) is 0.393. The number of nitrogens with one attached hydrogen (secondary N) is 1. The van der Waals surface area contributed by atoms with E-state index >= 15 is 0 Å². The fourth-order valence-electron chi connectivity index (χ4n) is 4.55. The molecule has 0 aliphatic carbocycles. The Labute approximate surface area is 200 Å². The molecule has 33 heavy (non-hydrogen) atoms. The maximum absolute atomic E-state index is 5.11. The molecule has 3 heterocycles. The third-order valence-electron chi connectivity index (χ3n) is 6.53. The molecule has 3 aromatic rings. The van der Waals surface area contributed by atoms with Crippen LogP contribution in [0.15, 0.2) is 53.8 Å². The van der Waals surface area contributed by atoms with E-state index in [1.807, 2.05) is 19.5 Å².